The first-order valence-corrected chi connectivity index (χ1v) is 5.77. The number of amides is 1. The molecule has 1 aliphatic heterocycles. The van der Waals surface area contributed by atoms with E-state index in [4.69, 9.17) is 0 Å². The van der Waals surface area contributed by atoms with E-state index in [2.05, 4.69) is 0 Å². The number of fused-ring (bicyclic) bond motifs is 1. The normalized spacial score (nSPS) is 17.9. The number of ketones is 1. The van der Waals surface area contributed by atoms with Gasteiger partial charge in [-0.05, 0) is 32.9 Å². The quantitative estimate of drug-likeness (QED) is 0.688. The van der Waals surface area contributed by atoms with Crippen LogP contribution < -0.4 is 4.90 Å². The smallest absolute Gasteiger partial charge is 0.224 e. The Morgan fingerprint density at radius 3 is 2.59 bits per heavy atom. The Hall–Kier alpha value is -1.64. The van der Waals surface area contributed by atoms with Crippen LogP contribution in [0.4, 0.5) is 5.69 Å². The van der Waals surface area contributed by atoms with Crippen LogP contribution in [0.2, 0.25) is 0 Å². The first kappa shape index (κ1) is 11.8. The molecule has 0 saturated heterocycles. The van der Waals surface area contributed by atoms with Crippen molar-refractivity contribution in [1.82, 2.24) is 0 Å². The van der Waals surface area contributed by atoms with E-state index in [1.54, 1.807) is 11.8 Å². The first-order chi connectivity index (χ1) is 7.83. The number of nitrogens with zero attached hydrogens (tertiary/aromatic N) is 1. The van der Waals surface area contributed by atoms with Gasteiger partial charge in [-0.2, -0.15) is 0 Å². The summed E-state index contributed by atoms with van der Waals surface area (Å²) < 4.78 is 0. The van der Waals surface area contributed by atoms with Gasteiger partial charge in [-0.3, -0.25) is 9.59 Å². The summed E-state index contributed by atoms with van der Waals surface area (Å²) in [6, 6.07) is 5.66. The van der Waals surface area contributed by atoms with Gasteiger partial charge in [0.25, 0.3) is 0 Å². The van der Waals surface area contributed by atoms with Crippen molar-refractivity contribution in [2.45, 2.75) is 39.7 Å². The molecule has 2 rings (SSSR count). The molecule has 0 fully saturated rings. The second-order valence-corrected chi connectivity index (χ2v) is 5.29. The minimum Gasteiger partial charge on any atom is -0.306 e. The molecule has 1 amide bonds. The SMILES string of the molecule is CC(=O)N1c2ccc(C)cc2C(=O)CC1(C)C. The second kappa shape index (κ2) is 3.69. The van der Waals surface area contributed by atoms with Gasteiger partial charge in [-0.25, -0.2) is 0 Å². The van der Waals surface area contributed by atoms with E-state index in [9.17, 15) is 9.59 Å². The molecule has 3 heteroatoms. The predicted octanol–water partition coefficient (Wildman–Crippen LogP) is 2.71. The summed E-state index contributed by atoms with van der Waals surface area (Å²) in [5.41, 5.74) is 2.01. The lowest BCUT2D eigenvalue weighted by Crippen LogP contribution is -2.51. The Morgan fingerprint density at radius 1 is 1.35 bits per heavy atom. The van der Waals surface area contributed by atoms with Gasteiger partial charge in [0.1, 0.15) is 0 Å². The largest absolute Gasteiger partial charge is 0.306 e. The molecule has 0 unspecified atom stereocenters. The molecule has 1 aromatic rings. The van der Waals surface area contributed by atoms with Crippen LogP contribution in [0, 0.1) is 6.92 Å². The fourth-order valence-electron chi connectivity index (χ4n) is 2.56. The molecule has 1 aromatic carbocycles. The van der Waals surface area contributed by atoms with Crippen molar-refractivity contribution in [3.8, 4) is 0 Å². The van der Waals surface area contributed by atoms with Crippen LogP contribution in [0.25, 0.3) is 0 Å². The van der Waals surface area contributed by atoms with Gasteiger partial charge in [-0.1, -0.05) is 11.6 Å². The number of anilines is 1. The van der Waals surface area contributed by atoms with E-state index in [0.717, 1.165) is 11.3 Å². The Kier molecular flexibility index (Phi) is 2.57. The minimum atomic E-state index is -0.439. The van der Waals surface area contributed by atoms with Gasteiger partial charge < -0.3 is 4.90 Å². The minimum absolute atomic E-state index is 0.0207. The van der Waals surface area contributed by atoms with E-state index < -0.39 is 5.54 Å². The number of hydrogen-bond donors (Lipinski definition) is 0. The van der Waals surface area contributed by atoms with Crippen molar-refractivity contribution in [2.24, 2.45) is 0 Å². The van der Waals surface area contributed by atoms with E-state index in [1.165, 1.54) is 0 Å². The monoisotopic (exact) mass is 231 g/mol. The maximum atomic E-state index is 12.1. The number of rotatable bonds is 0. The summed E-state index contributed by atoms with van der Waals surface area (Å²) in [6.45, 7) is 7.34. The highest BCUT2D eigenvalue weighted by atomic mass is 16.2. The van der Waals surface area contributed by atoms with Crippen LogP contribution in [0.15, 0.2) is 18.2 Å². The molecular weight excluding hydrogens is 214 g/mol. The lowest BCUT2D eigenvalue weighted by atomic mass is 9.85. The molecular formula is C14H17NO2. The van der Waals surface area contributed by atoms with Gasteiger partial charge in [0.05, 0.1) is 5.69 Å². The van der Waals surface area contributed by atoms with E-state index in [-0.39, 0.29) is 11.7 Å². The fourth-order valence-corrected chi connectivity index (χ4v) is 2.56. The zero-order valence-electron chi connectivity index (χ0n) is 10.7. The highest BCUT2D eigenvalue weighted by molar-refractivity contribution is 6.09. The Balaban J connectivity index is 2.65. The topological polar surface area (TPSA) is 37.4 Å². The van der Waals surface area contributed by atoms with Gasteiger partial charge in [-0.15, -0.1) is 0 Å². The van der Waals surface area contributed by atoms with Crippen LogP contribution >= 0.6 is 0 Å². The lowest BCUT2D eigenvalue weighted by Gasteiger charge is -2.42. The maximum Gasteiger partial charge on any atom is 0.224 e. The third kappa shape index (κ3) is 1.86. The van der Waals surface area contributed by atoms with Crippen molar-refractivity contribution in [3.05, 3.63) is 29.3 Å². The highest BCUT2D eigenvalue weighted by Crippen LogP contribution is 2.37. The van der Waals surface area contributed by atoms with E-state index in [1.807, 2.05) is 39.0 Å². The average Bonchev–Trinajstić information content (AvgIpc) is 2.17. The van der Waals surface area contributed by atoms with E-state index >= 15 is 0 Å². The van der Waals surface area contributed by atoms with Gasteiger partial charge in [0, 0.05) is 24.4 Å². The summed E-state index contributed by atoms with van der Waals surface area (Å²) in [5.74, 6) is 0.0961. The molecule has 0 saturated carbocycles. The van der Waals surface area contributed by atoms with Crippen LogP contribution in [-0.4, -0.2) is 17.2 Å². The summed E-state index contributed by atoms with van der Waals surface area (Å²) >= 11 is 0. The molecule has 1 aliphatic rings. The average molecular weight is 231 g/mol. The standard InChI is InChI=1S/C14H17NO2/c1-9-5-6-12-11(7-9)13(17)8-14(3,4)15(12)10(2)16/h5-7H,8H2,1-4H3. The number of benzene rings is 1. The highest BCUT2D eigenvalue weighted by Gasteiger charge is 2.39. The van der Waals surface area contributed by atoms with Crippen molar-refractivity contribution in [2.75, 3.05) is 4.90 Å². The van der Waals surface area contributed by atoms with Crippen molar-refractivity contribution in [1.29, 1.82) is 0 Å². The molecule has 0 N–H and O–H groups in total. The molecule has 0 atom stereocenters. The van der Waals surface area contributed by atoms with Crippen LogP contribution in [0.5, 0.6) is 0 Å². The molecule has 0 aromatic heterocycles. The van der Waals surface area contributed by atoms with Crippen LogP contribution in [-0.2, 0) is 4.79 Å². The zero-order valence-corrected chi connectivity index (χ0v) is 10.7. The third-order valence-electron chi connectivity index (χ3n) is 3.21. The molecule has 0 aliphatic carbocycles. The Morgan fingerprint density at radius 2 is 2.00 bits per heavy atom. The fraction of sp³-hybridized carbons (Fsp3) is 0.429. The predicted molar refractivity (Wildman–Crippen MR) is 67.4 cm³/mol. The van der Waals surface area contributed by atoms with Crippen molar-refractivity contribution in [3.63, 3.8) is 0 Å². The van der Waals surface area contributed by atoms with Gasteiger partial charge >= 0.3 is 0 Å². The molecule has 1 heterocycles. The first-order valence-electron chi connectivity index (χ1n) is 5.77. The number of carbonyl (C=O) groups excluding carboxylic acids is 2. The Labute approximate surface area is 101 Å². The number of hydrogen-bond acceptors (Lipinski definition) is 2. The molecule has 3 nitrogen and oxygen atoms in total. The molecule has 90 valence electrons. The number of carbonyl (C=O) groups is 2. The number of aryl methyl sites for hydroxylation is 1. The van der Waals surface area contributed by atoms with E-state index in [0.29, 0.717) is 12.0 Å². The third-order valence-corrected chi connectivity index (χ3v) is 3.21. The molecule has 0 spiro atoms. The number of Topliss-reactive ketones (excluding diaryl/α,β-unsaturated/α-hetero) is 1. The Bertz CT molecular complexity index is 503. The summed E-state index contributed by atoms with van der Waals surface area (Å²) in [7, 11) is 0. The maximum absolute atomic E-state index is 12.1. The second-order valence-electron chi connectivity index (χ2n) is 5.29. The van der Waals surface area contributed by atoms with Crippen LogP contribution in [0.1, 0.15) is 43.1 Å². The van der Waals surface area contributed by atoms with Crippen molar-refractivity contribution < 1.29 is 9.59 Å². The summed E-state index contributed by atoms with van der Waals surface area (Å²) in [4.78, 5) is 25.6. The van der Waals surface area contributed by atoms with Crippen molar-refractivity contribution >= 4 is 17.4 Å². The van der Waals surface area contributed by atoms with Gasteiger partial charge in [0.15, 0.2) is 5.78 Å². The lowest BCUT2D eigenvalue weighted by molar-refractivity contribution is -0.117. The molecule has 0 radical (unpaired) electrons. The molecule has 0 bridgehead atoms. The summed E-state index contributed by atoms with van der Waals surface area (Å²) in [5, 5.41) is 0. The van der Waals surface area contributed by atoms with Gasteiger partial charge in [0.2, 0.25) is 5.91 Å². The van der Waals surface area contributed by atoms with Crippen LogP contribution in [0.3, 0.4) is 0 Å². The zero-order chi connectivity index (χ0) is 12.8. The molecule has 17 heavy (non-hydrogen) atoms. The summed E-state index contributed by atoms with van der Waals surface area (Å²) in [6.07, 6.45) is 0.378.